The first-order chi connectivity index (χ1) is 13.2. The molecular weight excluding hydrogens is 381 g/mol. The normalized spacial score (nSPS) is 20.5. The van der Waals surface area contributed by atoms with Crippen LogP contribution in [0.2, 0.25) is 10.0 Å². The van der Waals surface area contributed by atoms with Gasteiger partial charge in [-0.3, -0.25) is 4.98 Å². The molecule has 0 aliphatic carbocycles. The molecule has 0 fully saturated rings. The van der Waals surface area contributed by atoms with Gasteiger partial charge in [-0.15, -0.1) is 0 Å². The summed E-state index contributed by atoms with van der Waals surface area (Å²) >= 11 is 12.3. The molecule has 27 heavy (non-hydrogen) atoms. The molecule has 2 atom stereocenters. The Hall–Kier alpha value is -2.56. The van der Waals surface area contributed by atoms with Gasteiger partial charge in [0, 0.05) is 40.0 Å². The summed E-state index contributed by atoms with van der Waals surface area (Å²) in [6, 6.07) is 17.5. The second kappa shape index (κ2) is 6.55. The fourth-order valence-corrected chi connectivity index (χ4v) is 3.92. The molecule has 0 unspecified atom stereocenters. The summed E-state index contributed by atoms with van der Waals surface area (Å²) in [4.78, 5) is 4.24. The standard InChI is InChI=1S/C21H15Cl2N3O/c22-15-5-3-13(4-6-15)18-11-19-17-10-16(23)7-8-20(17)27-21(26(19)25-18)14-2-1-9-24-12-14/h1-10,12,19,21H,11H2/t19-,21-/m1/s1. The van der Waals surface area contributed by atoms with E-state index < -0.39 is 0 Å². The molecule has 3 aromatic rings. The van der Waals surface area contributed by atoms with Crippen molar-refractivity contribution in [3.05, 3.63) is 93.7 Å². The van der Waals surface area contributed by atoms with Crippen LogP contribution in [0.1, 0.15) is 35.4 Å². The molecule has 0 N–H and O–H groups in total. The van der Waals surface area contributed by atoms with Crippen LogP contribution in [0.3, 0.4) is 0 Å². The number of hydrogen-bond donors (Lipinski definition) is 0. The fourth-order valence-electron chi connectivity index (χ4n) is 3.62. The van der Waals surface area contributed by atoms with Crippen molar-refractivity contribution < 1.29 is 4.74 Å². The van der Waals surface area contributed by atoms with Gasteiger partial charge in [0.25, 0.3) is 0 Å². The lowest BCUT2D eigenvalue weighted by Gasteiger charge is -2.38. The highest BCUT2D eigenvalue weighted by atomic mass is 35.5. The van der Waals surface area contributed by atoms with Crippen LogP contribution in [-0.4, -0.2) is 15.7 Å². The number of pyridine rings is 1. The monoisotopic (exact) mass is 395 g/mol. The predicted octanol–water partition coefficient (Wildman–Crippen LogP) is 5.63. The maximum Gasteiger partial charge on any atom is 0.215 e. The second-order valence-corrected chi connectivity index (χ2v) is 7.47. The molecule has 0 spiro atoms. The van der Waals surface area contributed by atoms with E-state index in [9.17, 15) is 0 Å². The van der Waals surface area contributed by atoms with Crippen LogP contribution in [0.4, 0.5) is 0 Å². The van der Waals surface area contributed by atoms with Crippen molar-refractivity contribution >= 4 is 28.9 Å². The van der Waals surface area contributed by atoms with Gasteiger partial charge >= 0.3 is 0 Å². The van der Waals surface area contributed by atoms with Crippen LogP contribution in [0.25, 0.3) is 0 Å². The second-order valence-electron chi connectivity index (χ2n) is 6.59. The van der Waals surface area contributed by atoms with E-state index in [4.69, 9.17) is 33.0 Å². The average Bonchev–Trinajstić information content (AvgIpc) is 3.14. The van der Waals surface area contributed by atoms with Crippen molar-refractivity contribution in [2.45, 2.75) is 18.7 Å². The molecule has 3 heterocycles. The van der Waals surface area contributed by atoms with E-state index in [1.807, 2.05) is 65.8 Å². The lowest BCUT2D eigenvalue weighted by molar-refractivity contribution is -0.0192. The number of ether oxygens (including phenoxy) is 1. The Morgan fingerprint density at radius 1 is 1.00 bits per heavy atom. The number of halogens is 2. The molecule has 0 amide bonds. The lowest BCUT2D eigenvalue weighted by Crippen LogP contribution is -2.33. The molecule has 0 saturated carbocycles. The minimum atomic E-state index is -0.331. The van der Waals surface area contributed by atoms with E-state index >= 15 is 0 Å². The van der Waals surface area contributed by atoms with Crippen LogP contribution in [0, 0.1) is 0 Å². The first-order valence-electron chi connectivity index (χ1n) is 8.67. The first-order valence-corrected chi connectivity index (χ1v) is 9.42. The van der Waals surface area contributed by atoms with E-state index in [0.717, 1.165) is 34.6 Å². The largest absolute Gasteiger partial charge is 0.464 e. The molecule has 0 radical (unpaired) electrons. The average molecular weight is 396 g/mol. The zero-order valence-corrected chi connectivity index (χ0v) is 15.7. The molecule has 6 heteroatoms. The number of benzene rings is 2. The summed E-state index contributed by atoms with van der Waals surface area (Å²) in [5.41, 5.74) is 4.07. The number of hydrogen-bond acceptors (Lipinski definition) is 4. The quantitative estimate of drug-likeness (QED) is 0.563. The summed E-state index contributed by atoms with van der Waals surface area (Å²) in [5, 5.41) is 8.32. The molecule has 4 nitrogen and oxygen atoms in total. The Kier molecular flexibility index (Phi) is 4.03. The smallest absolute Gasteiger partial charge is 0.215 e. The van der Waals surface area contributed by atoms with Crippen molar-refractivity contribution in [3.63, 3.8) is 0 Å². The zero-order chi connectivity index (χ0) is 18.4. The first kappa shape index (κ1) is 16.6. The van der Waals surface area contributed by atoms with Crippen molar-refractivity contribution in [2.24, 2.45) is 5.10 Å². The third-order valence-corrected chi connectivity index (χ3v) is 5.39. The highest BCUT2D eigenvalue weighted by molar-refractivity contribution is 6.31. The number of rotatable bonds is 2. The van der Waals surface area contributed by atoms with Gasteiger partial charge in [-0.1, -0.05) is 41.4 Å². The maximum atomic E-state index is 6.29. The van der Waals surface area contributed by atoms with Gasteiger partial charge in [0.05, 0.1) is 11.8 Å². The van der Waals surface area contributed by atoms with Gasteiger partial charge in [-0.2, -0.15) is 5.10 Å². The summed E-state index contributed by atoms with van der Waals surface area (Å²) in [7, 11) is 0. The lowest BCUT2D eigenvalue weighted by atomic mass is 9.96. The van der Waals surface area contributed by atoms with Crippen LogP contribution in [0.15, 0.2) is 72.1 Å². The van der Waals surface area contributed by atoms with E-state index in [2.05, 4.69) is 4.98 Å². The Labute approximate surface area is 167 Å². The van der Waals surface area contributed by atoms with E-state index in [0.29, 0.717) is 10.0 Å². The molecule has 1 aromatic heterocycles. The Balaban J connectivity index is 1.60. The summed E-state index contributed by atoms with van der Waals surface area (Å²) in [5.74, 6) is 0.835. The molecule has 2 aromatic carbocycles. The Morgan fingerprint density at radius 3 is 2.59 bits per heavy atom. The Morgan fingerprint density at radius 2 is 1.81 bits per heavy atom. The highest BCUT2D eigenvalue weighted by Crippen LogP contribution is 2.48. The van der Waals surface area contributed by atoms with Gasteiger partial charge in [0.2, 0.25) is 6.23 Å². The number of hydrazone groups is 1. The number of nitrogens with zero attached hydrogens (tertiary/aromatic N) is 3. The third-order valence-electron chi connectivity index (χ3n) is 4.90. The molecule has 5 rings (SSSR count). The number of aromatic nitrogens is 1. The maximum absolute atomic E-state index is 6.29. The predicted molar refractivity (Wildman–Crippen MR) is 106 cm³/mol. The topological polar surface area (TPSA) is 37.7 Å². The molecule has 2 aliphatic rings. The SMILES string of the molecule is Clc1ccc(C2=NN3[C@H](C2)c2cc(Cl)ccc2O[C@@H]3c2cccnc2)cc1. The third kappa shape index (κ3) is 2.95. The van der Waals surface area contributed by atoms with Gasteiger partial charge < -0.3 is 4.74 Å². The molecule has 134 valence electrons. The zero-order valence-electron chi connectivity index (χ0n) is 14.2. The molecule has 2 aliphatic heterocycles. The van der Waals surface area contributed by atoms with E-state index in [1.54, 1.807) is 6.20 Å². The van der Waals surface area contributed by atoms with Crippen LogP contribution in [-0.2, 0) is 0 Å². The van der Waals surface area contributed by atoms with Crippen molar-refractivity contribution in [1.82, 2.24) is 9.99 Å². The van der Waals surface area contributed by atoms with Gasteiger partial charge in [-0.25, -0.2) is 5.01 Å². The highest BCUT2D eigenvalue weighted by Gasteiger charge is 2.41. The van der Waals surface area contributed by atoms with E-state index in [-0.39, 0.29) is 12.3 Å². The molecule has 0 bridgehead atoms. The fraction of sp³-hybridized carbons (Fsp3) is 0.143. The summed E-state index contributed by atoms with van der Waals surface area (Å²) in [6.45, 7) is 0. The van der Waals surface area contributed by atoms with Crippen LogP contribution in [0.5, 0.6) is 5.75 Å². The Bertz CT molecular complexity index is 1020. The van der Waals surface area contributed by atoms with Crippen LogP contribution >= 0.6 is 23.2 Å². The number of fused-ring (bicyclic) bond motifs is 3. The van der Waals surface area contributed by atoms with Gasteiger partial charge in [-0.05, 0) is 42.0 Å². The molecular formula is C21H15Cl2N3O. The molecule has 0 saturated heterocycles. The van der Waals surface area contributed by atoms with Crippen molar-refractivity contribution in [1.29, 1.82) is 0 Å². The minimum absolute atomic E-state index is 0.0586. The van der Waals surface area contributed by atoms with Crippen LogP contribution < -0.4 is 4.74 Å². The van der Waals surface area contributed by atoms with Gasteiger partial charge in [0.15, 0.2) is 0 Å². The minimum Gasteiger partial charge on any atom is -0.464 e. The van der Waals surface area contributed by atoms with Crippen molar-refractivity contribution in [2.75, 3.05) is 0 Å². The van der Waals surface area contributed by atoms with E-state index in [1.165, 1.54) is 0 Å². The van der Waals surface area contributed by atoms with Crippen molar-refractivity contribution in [3.8, 4) is 5.75 Å². The van der Waals surface area contributed by atoms with Gasteiger partial charge in [0.1, 0.15) is 5.75 Å². The summed E-state index contributed by atoms with van der Waals surface area (Å²) < 4.78 is 6.29. The summed E-state index contributed by atoms with van der Waals surface area (Å²) in [6.07, 6.45) is 4.01.